The predicted octanol–water partition coefficient (Wildman–Crippen LogP) is 2.55. The normalized spacial score (nSPS) is 15.3. The van der Waals surface area contributed by atoms with Crippen LogP contribution in [0.3, 0.4) is 0 Å². The van der Waals surface area contributed by atoms with Gasteiger partial charge in [0.25, 0.3) is 0 Å². The predicted molar refractivity (Wildman–Crippen MR) is 102 cm³/mol. The van der Waals surface area contributed by atoms with Crippen molar-refractivity contribution in [3.8, 4) is 0 Å². The van der Waals surface area contributed by atoms with Crippen molar-refractivity contribution in [3.05, 3.63) is 54.0 Å². The first kappa shape index (κ1) is 16.6. The molecule has 134 valence electrons. The number of H-pyrrole nitrogens is 1. The number of aromatic nitrogens is 3. The lowest BCUT2D eigenvalue weighted by Crippen LogP contribution is -2.36. The molecular formula is C20H23N5O. The van der Waals surface area contributed by atoms with Gasteiger partial charge in [0.1, 0.15) is 0 Å². The van der Waals surface area contributed by atoms with E-state index in [9.17, 15) is 4.79 Å². The lowest BCUT2D eigenvalue weighted by atomic mass is 10.1. The summed E-state index contributed by atoms with van der Waals surface area (Å²) in [4.78, 5) is 21.3. The van der Waals surface area contributed by atoms with Crippen molar-refractivity contribution in [1.29, 1.82) is 0 Å². The van der Waals surface area contributed by atoms with Crippen LogP contribution in [0.1, 0.15) is 17.7 Å². The number of nitrogens with one attached hydrogen (secondary N) is 1. The van der Waals surface area contributed by atoms with Crippen LogP contribution in [-0.4, -0.2) is 52.2 Å². The molecule has 0 unspecified atom stereocenters. The number of amides is 1. The monoisotopic (exact) mass is 349 g/mol. The molecule has 6 nitrogen and oxygen atoms in total. The van der Waals surface area contributed by atoms with Crippen LogP contribution < -0.4 is 4.90 Å². The number of fused-ring (bicyclic) bond motifs is 1. The molecule has 0 atom stereocenters. The third-order valence-corrected chi connectivity index (χ3v) is 5.05. The Morgan fingerprint density at radius 2 is 2.04 bits per heavy atom. The van der Waals surface area contributed by atoms with Crippen LogP contribution in [0.15, 0.2) is 42.7 Å². The Bertz CT molecular complexity index is 919. The average Bonchev–Trinajstić information content (AvgIpc) is 2.90. The van der Waals surface area contributed by atoms with Gasteiger partial charge in [-0.25, -0.2) is 0 Å². The maximum atomic E-state index is 12.8. The van der Waals surface area contributed by atoms with Gasteiger partial charge in [-0.05, 0) is 31.0 Å². The summed E-state index contributed by atoms with van der Waals surface area (Å²) in [5.41, 5.74) is 4.20. The number of aromatic amines is 1. The summed E-state index contributed by atoms with van der Waals surface area (Å²) in [5.74, 6) is 0.160. The van der Waals surface area contributed by atoms with Crippen LogP contribution in [-0.2, 0) is 11.2 Å². The number of anilines is 1. The number of carbonyl (C=O) groups excluding carboxylic acids is 1. The molecule has 1 N–H and O–H groups in total. The van der Waals surface area contributed by atoms with E-state index in [0.29, 0.717) is 6.42 Å². The highest BCUT2D eigenvalue weighted by atomic mass is 16.2. The van der Waals surface area contributed by atoms with E-state index in [1.54, 1.807) is 0 Å². The molecule has 1 amide bonds. The van der Waals surface area contributed by atoms with Gasteiger partial charge in [0, 0.05) is 49.6 Å². The number of carbonyl (C=O) groups is 1. The quantitative estimate of drug-likeness (QED) is 0.789. The molecule has 0 spiro atoms. The number of para-hydroxylation sites is 1. The highest BCUT2D eigenvalue weighted by Gasteiger charge is 2.21. The molecule has 1 fully saturated rings. The Morgan fingerprint density at radius 3 is 2.92 bits per heavy atom. The Labute approximate surface area is 152 Å². The van der Waals surface area contributed by atoms with Gasteiger partial charge in [-0.2, -0.15) is 5.10 Å². The summed E-state index contributed by atoms with van der Waals surface area (Å²) in [6, 6.07) is 9.97. The van der Waals surface area contributed by atoms with Crippen molar-refractivity contribution in [2.45, 2.75) is 19.8 Å². The van der Waals surface area contributed by atoms with E-state index in [4.69, 9.17) is 0 Å². The fourth-order valence-corrected chi connectivity index (χ4v) is 3.64. The summed E-state index contributed by atoms with van der Waals surface area (Å²) < 4.78 is 0. The minimum Gasteiger partial charge on any atom is -0.369 e. The molecule has 0 saturated carbocycles. The van der Waals surface area contributed by atoms with Crippen LogP contribution in [0.4, 0.5) is 5.69 Å². The molecule has 2 aromatic heterocycles. The van der Waals surface area contributed by atoms with Gasteiger partial charge in [0.05, 0.1) is 17.6 Å². The second-order valence-corrected chi connectivity index (χ2v) is 6.78. The third-order valence-electron chi connectivity index (χ3n) is 5.05. The summed E-state index contributed by atoms with van der Waals surface area (Å²) in [6.07, 6.45) is 5.07. The maximum absolute atomic E-state index is 12.8. The van der Waals surface area contributed by atoms with E-state index < -0.39 is 0 Å². The first-order valence-corrected chi connectivity index (χ1v) is 9.08. The lowest BCUT2D eigenvalue weighted by Gasteiger charge is -2.25. The van der Waals surface area contributed by atoms with Crippen molar-refractivity contribution >= 4 is 22.5 Å². The maximum Gasteiger partial charge on any atom is 0.228 e. The minimum atomic E-state index is 0.160. The van der Waals surface area contributed by atoms with Gasteiger partial charge in [0.15, 0.2) is 0 Å². The van der Waals surface area contributed by atoms with E-state index in [1.807, 2.05) is 41.6 Å². The number of hydrogen-bond donors (Lipinski definition) is 1. The van der Waals surface area contributed by atoms with E-state index in [1.165, 1.54) is 11.3 Å². The zero-order chi connectivity index (χ0) is 17.9. The van der Waals surface area contributed by atoms with Gasteiger partial charge in [-0.3, -0.25) is 14.9 Å². The van der Waals surface area contributed by atoms with E-state index in [0.717, 1.165) is 49.2 Å². The van der Waals surface area contributed by atoms with Gasteiger partial charge < -0.3 is 9.80 Å². The van der Waals surface area contributed by atoms with Crippen molar-refractivity contribution in [2.75, 3.05) is 31.1 Å². The number of aryl methyl sites for hydroxylation is 1. The standard InChI is InChI=1S/C20H23N5O/c1-15-14-21-8-7-19(15)24-9-4-10-25(12-11-24)20(26)13-18-16-5-2-3-6-17(16)22-23-18/h2-3,5-8,14H,4,9-13H2,1H3,(H,22,23). The number of rotatable bonds is 3. The van der Waals surface area contributed by atoms with Crippen LogP contribution in [0.5, 0.6) is 0 Å². The fraction of sp³-hybridized carbons (Fsp3) is 0.350. The van der Waals surface area contributed by atoms with E-state index in [-0.39, 0.29) is 5.91 Å². The highest BCUT2D eigenvalue weighted by molar-refractivity contribution is 5.87. The largest absolute Gasteiger partial charge is 0.369 e. The molecule has 26 heavy (non-hydrogen) atoms. The molecule has 0 radical (unpaired) electrons. The Hall–Kier alpha value is -2.89. The Kier molecular flexibility index (Phi) is 4.56. The van der Waals surface area contributed by atoms with Crippen molar-refractivity contribution in [1.82, 2.24) is 20.1 Å². The van der Waals surface area contributed by atoms with Crippen molar-refractivity contribution in [3.63, 3.8) is 0 Å². The molecule has 0 bridgehead atoms. The first-order valence-electron chi connectivity index (χ1n) is 9.08. The summed E-state index contributed by atoms with van der Waals surface area (Å²) in [6.45, 7) is 5.43. The van der Waals surface area contributed by atoms with E-state index in [2.05, 4.69) is 33.1 Å². The summed E-state index contributed by atoms with van der Waals surface area (Å²) in [7, 11) is 0. The topological polar surface area (TPSA) is 65.1 Å². The van der Waals surface area contributed by atoms with Gasteiger partial charge in [0.2, 0.25) is 5.91 Å². The van der Waals surface area contributed by atoms with Crippen molar-refractivity contribution in [2.24, 2.45) is 0 Å². The second-order valence-electron chi connectivity index (χ2n) is 6.78. The summed E-state index contributed by atoms with van der Waals surface area (Å²) >= 11 is 0. The molecule has 0 aliphatic carbocycles. The number of pyridine rings is 1. The minimum absolute atomic E-state index is 0.160. The Morgan fingerprint density at radius 1 is 1.15 bits per heavy atom. The van der Waals surface area contributed by atoms with Gasteiger partial charge in [-0.15, -0.1) is 0 Å². The van der Waals surface area contributed by atoms with Crippen LogP contribution in [0.2, 0.25) is 0 Å². The molecule has 1 saturated heterocycles. The van der Waals surface area contributed by atoms with Crippen LogP contribution in [0.25, 0.3) is 10.9 Å². The molecular weight excluding hydrogens is 326 g/mol. The highest BCUT2D eigenvalue weighted by Crippen LogP contribution is 2.21. The van der Waals surface area contributed by atoms with Crippen LogP contribution in [0, 0.1) is 6.92 Å². The smallest absolute Gasteiger partial charge is 0.228 e. The molecule has 1 aromatic carbocycles. The molecule has 3 heterocycles. The fourth-order valence-electron chi connectivity index (χ4n) is 3.64. The molecule has 6 heteroatoms. The molecule has 1 aliphatic rings. The van der Waals surface area contributed by atoms with Gasteiger partial charge in [-0.1, -0.05) is 18.2 Å². The number of benzene rings is 1. The Balaban J connectivity index is 1.44. The van der Waals surface area contributed by atoms with Gasteiger partial charge >= 0.3 is 0 Å². The third kappa shape index (κ3) is 3.27. The zero-order valence-corrected chi connectivity index (χ0v) is 15.0. The molecule has 4 rings (SSSR count). The number of hydrogen-bond acceptors (Lipinski definition) is 4. The average molecular weight is 349 g/mol. The summed E-state index contributed by atoms with van der Waals surface area (Å²) in [5, 5.41) is 8.35. The second kappa shape index (κ2) is 7.15. The SMILES string of the molecule is Cc1cnccc1N1CCCN(C(=O)Cc2[nH]nc3ccccc23)CC1. The number of nitrogens with zero attached hydrogens (tertiary/aromatic N) is 4. The van der Waals surface area contributed by atoms with E-state index >= 15 is 0 Å². The zero-order valence-electron chi connectivity index (χ0n) is 15.0. The lowest BCUT2D eigenvalue weighted by molar-refractivity contribution is -0.130. The molecule has 3 aromatic rings. The first-order chi connectivity index (χ1) is 12.7. The van der Waals surface area contributed by atoms with Crippen LogP contribution >= 0.6 is 0 Å². The van der Waals surface area contributed by atoms with Crippen molar-refractivity contribution < 1.29 is 4.79 Å². The molecule has 1 aliphatic heterocycles.